The Balaban J connectivity index is 1.72. The molecule has 1 amide bonds. The molecule has 25 heavy (non-hydrogen) atoms. The molecule has 2 rings (SSSR count). The van der Waals surface area contributed by atoms with Gasteiger partial charge in [-0.3, -0.25) is 9.69 Å². The Morgan fingerprint density at radius 3 is 2.64 bits per heavy atom. The number of benzene rings is 1. The predicted octanol–water partition coefficient (Wildman–Crippen LogP) is 4.37. The second kappa shape index (κ2) is 10.5. The lowest BCUT2D eigenvalue weighted by Gasteiger charge is -2.31. The maximum absolute atomic E-state index is 13.8. The van der Waals surface area contributed by atoms with Gasteiger partial charge in [0.15, 0.2) is 0 Å². The van der Waals surface area contributed by atoms with E-state index < -0.39 is 0 Å². The summed E-state index contributed by atoms with van der Waals surface area (Å²) in [5, 5.41) is 3.17. The van der Waals surface area contributed by atoms with Crippen molar-refractivity contribution in [3.8, 4) is 0 Å². The molecule has 1 atom stereocenters. The molecule has 1 heterocycles. The number of carbonyl (C=O) groups is 1. The molecule has 140 valence electrons. The first-order chi connectivity index (χ1) is 12.1. The molecule has 3 nitrogen and oxygen atoms in total. The van der Waals surface area contributed by atoms with Crippen molar-refractivity contribution in [2.45, 2.75) is 58.9 Å². The Kier molecular flexibility index (Phi) is 8.39. The number of amides is 1. The summed E-state index contributed by atoms with van der Waals surface area (Å²) in [5.41, 5.74) is 0.743. The summed E-state index contributed by atoms with van der Waals surface area (Å²) in [5.74, 6) is 0.783. The number of piperidine rings is 1. The first kappa shape index (κ1) is 19.9. The van der Waals surface area contributed by atoms with Crippen molar-refractivity contribution >= 4 is 5.91 Å². The fourth-order valence-corrected chi connectivity index (χ4v) is 3.55. The van der Waals surface area contributed by atoms with Gasteiger partial charge < -0.3 is 5.32 Å². The van der Waals surface area contributed by atoms with E-state index in [2.05, 4.69) is 24.1 Å². The first-order valence-corrected chi connectivity index (χ1v) is 9.87. The van der Waals surface area contributed by atoms with Gasteiger partial charge in [0, 0.05) is 24.6 Å². The molecule has 1 aliphatic rings. The second-order valence-electron chi connectivity index (χ2n) is 7.30. The molecule has 1 unspecified atom stereocenters. The lowest BCUT2D eigenvalue weighted by Crippen LogP contribution is -2.41. The fraction of sp³-hybridized carbons (Fsp3) is 0.667. The quantitative estimate of drug-likeness (QED) is 0.719. The number of hydrogen-bond donors (Lipinski definition) is 1. The van der Waals surface area contributed by atoms with Gasteiger partial charge in [0.2, 0.25) is 5.91 Å². The Bertz CT molecular complexity index is 526. The SMILES string of the molecule is CCCCC(CC)CNC(=O)C1CCN(Cc2ccccc2F)CC1. The smallest absolute Gasteiger partial charge is 0.223 e. The van der Waals surface area contributed by atoms with Crippen LogP contribution in [-0.4, -0.2) is 30.4 Å². The van der Waals surface area contributed by atoms with Crippen molar-refractivity contribution in [3.05, 3.63) is 35.6 Å². The van der Waals surface area contributed by atoms with Crippen molar-refractivity contribution in [2.24, 2.45) is 11.8 Å². The third-order valence-corrected chi connectivity index (χ3v) is 5.42. The summed E-state index contributed by atoms with van der Waals surface area (Å²) in [6.45, 7) is 7.58. The summed E-state index contributed by atoms with van der Waals surface area (Å²) in [6.07, 6.45) is 6.52. The van der Waals surface area contributed by atoms with Crippen LogP contribution in [0.4, 0.5) is 4.39 Å². The summed E-state index contributed by atoms with van der Waals surface area (Å²) in [6, 6.07) is 6.95. The molecule has 1 aliphatic heterocycles. The highest BCUT2D eigenvalue weighted by molar-refractivity contribution is 5.78. The second-order valence-corrected chi connectivity index (χ2v) is 7.30. The monoisotopic (exact) mass is 348 g/mol. The van der Waals surface area contributed by atoms with Crippen LogP contribution in [0.3, 0.4) is 0 Å². The molecule has 1 saturated heterocycles. The van der Waals surface area contributed by atoms with E-state index >= 15 is 0 Å². The minimum atomic E-state index is -0.139. The number of hydrogen-bond acceptors (Lipinski definition) is 2. The van der Waals surface area contributed by atoms with E-state index in [1.807, 2.05) is 12.1 Å². The predicted molar refractivity (Wildman–Crippen MR) is 101 cm³/mol. The van der Waals surface area contributed by atoms with E-state index in [1.54, 1.807) is 6.07 Å². The largest absolute Gasteiger partial charge is 0.356 e. The Morgan fingerprint density at radius 2 is 2.00 bits per heavy atom. The van der Waals surface area contributed by atoms with E-state index in [0.29, 0.717) is 12.5 Å². The van der Waals surface area contributed by atoms with Crippen molar-refractivity contribution in [1.82, 2.24) is 10.2 Å². The van der Waals surface area contributed by atoms with E-state index in [9.17, 15) is 9.18 Å². The van der Waals surface area contributed by atoms with Gasteiger partial charge in [-0.15, -0.1) is 0 Å². The Morgan fingerprint density at radius 1 is 1.28 bits per heavy atom. The van der Waals surface area contributed by atoms with Gasteiger partial charge in [-0.1, -0.05) is 51.3 Å². The van der Waals surface area contributed by atoms with Crippen molar-refractivity contribution < 1.29 is 9.18 Å². The third-order valence-electron chi connectivity index (χ3n) is 5.42. The average molecular weight is 349 g/mol. The molecule has 1 aromatic carbocycles. The molecular formula is C21H33FN2O. The summed E-state index contributed by atoms with van der Waals surface area (Å²) in [7, 11) is 0. The zero-order chi connectivity index (χ0) is 18.1. The summed E-state index contributed by atoms with van der Waals surface area (Å²) in [4.78, 5) is 14.7. The zero-order valence-electron chi connectivity index (χ0n) is 15.8. The van der Waals surface area contributed by atoms with E-state index in [-0.39, 0.29) is 17.6 Å². The molecule has 0 bridgehead atoms. The minimum absolute atomic E-state index is 0.112. The lowest BCUT2D eigenvalue weighted by atomic mass is 9.94. The van der Waals surface area contributed by atoms with Gasteiger partial charge in [-0.2, -0.15) is 0 Å². The molecule has 1 fully saturated rings. The summed E-state index contributed by atoms with van der Waals surface area (Å²) < 4.78 is 13.8. The number of carbonyl (C=O) groups excluding carboxylic acids is 1. The van der Waals surface area contributed by atoms with Crippen LogP contribution in [0.1, 0.15) is 57.9 Å². The number of likely N-dealkylation sites (tertiary alicyclic amines) is 1. The first-order valence-electron chi connectivity index (χ1n) is 9.87. The number of nitrogens with zero attached hydrogens (tertiary/aromatic N) is 1. The van der Waals surface area contributed by atoms with Crippen LogP contribution in [0.15, 0.2) is 24.3 Å². The number of unbranched alkanes of at least 4 members (excludes halogenated alkanes) is 1. The number of halogens is 1. The zero-order valence-corrected chi connectivity index (χ0v) is 15.8. The van der Waals surface area contributed by atoms with Gasteiger partial charge in [-0.25, -0.2) is 4.39 Å². The van der Waals surface area contributed by atoms with E-state index in [1.165, 1.54) is 25.3 Å². The molecule has 0 aliphatic carbocycles. The summed E-state index contributed by atoms with van der Waals surface area (Å²) >= 11 is 0. The highest BCUT2D eigenvalue weighted by Gasteiger charge is 2.25. The number of nitrogens with one attached hydrogen (secondary N) is 1. The van der Waals surface area contributed by atoms with Crippen molar-refractivity contribution in [1.29, 1.82) is 0 Å². The van der Waals surface area contributed by atoms with E-state index in [4.69, 9.17) is 0 Å². The molecule has 4 heteroatoms. The maximum Gasteiger partial charge on any atom is 0.223 e. The van der Waals surface area contributed by atoms with Gasteiger partial charge in [0.1, 0.15) is 5.82 Å². The molecule has 1 N–H and O–H groups in total. The fourth-order valence-electron chi connectivity index (χ4n) is 3.55. The molecule has 0 saturated carbocycles. The molecular weight excluding hydrogens is 315 g/mol. The van der Waals surface area contributed by atoms with Gasteiger partial charge >= 0.3 is 0 Å². The lowest BCUT2D eigenvalue weighted by molar-refractivity contribution is -0.126. The Labute approximate surface area is 152 Å². The van der Waals surface area contributed by atoms with Crippen LogP contribution < -0.4 is 5.32 Å². The highest BCUT2D eigenvalue weighted by atomic mass is 19.1. The van der Waals surface area contributed by atoms with E-state index in [0.717, 1.165) is 44.5 Å². The van der Waals surface area contributed by atoms with Crippen LogP contribution in [0, 0.1) is 17.7 Å². The van der Waals surface area contributed by atoms with Crippen LogP contribution in [0.5, 0.6) is 0 Å². The topological polar surface area (TPSA) is 32.3 Å². The van der Waals surface area contributed by atoms with Gasteiger partial charge in [-0.05, 0) is 44.3 Å². The van der Waals surface area contributed by atoms with Gasteiger partial charge in [0.05, 0.1) is 0 Å². The molecule has 0 spiro atoms. The maximum atomic E-state index is 13.8. The minimum Gasteiger partial charge on any atom is -0.356 e. The molecule has 0 radical (unpaired) electrons. The standard InChI is InChI=1S/C21H33FN2O/c1-3-5-8-17(4-2)15-23-21(25)18-11-13-24(14-12-18)16-19-9-6-7-10-20(19)22/h6-7,9-10,17-18H,3-5,8,11-16H2,1-2H3,(H,23,25). The van der Waals surface area contributed by atoms with Crippen LogP contribution in [0.25, 0.3) is 0 Å². The van der Waals surface area contributed by atoms with Crippen LogP contribution in [-0.2, 0) is 11.3 Å². The molecule has 0 aromatic heterocycles. The Hall–Kier alpha value is -1.42. The van der Waals surface area contributed by atoms with Crippen molar-refractivity contribution in [2.75, 3.05) is 19.6 Å². The normalized spacial score (nSPS) is 17.4. The van der Waals surface area contributed by atoms with Crippen LogP contribution in [0.2, 0.25) is 0 Å². The number of rotatable bonds is 9. The average Bonchev–Trinajstić information content (AvgIpc) is 2.64. The van der Waals surface area contributed by atoms with Crippen LogP contribution >= 0.6 is 0 Å². The highest BCUT2D eigenvalue weighted by Crippen LogP contribution is 2.20. The van der Waals surface area contributed by atoms with Crippen molar-refractivity contribution in [3.63, 3.8) is 0 Å². The molecule has 1 aromatic rings. The van der Waals surface area contributed by atoms with Gasteiger partial charge in [0.25, 0.3) is 0 Å². The third kappa shape index (κ3) is 6.43.